The first kappa shape index (κ1) is 20.4. The van der Waals surface area contributed by atoms with Gasteiger partial charge < -0.3 is 10.2 Å². The Labute approximate surface area is 158 Å². The molecule has 0 saturated carbocycles. The molecular formula is C24H34O2. The van der Waals surface area contributed by atoms with Crippen molar-refractivity contribution in [1.29, 1.82) is 0 Å². The summed E-state index contributed by atoms with van der Waals surface area (Å²) in [6.07, 6.45) is 10.1. The molecule has 0 aliphatic heterocycles. The van der Waals surface area contributed by atoms with E-state index in [4.69, 9.17) is 0 Å². The second-order valence-corrected chi connectivity index (χ2v) is 7.36. The number of benzene rings is 2. The SMILES string of the molecule is CCCCCCCC[C@H](c1ccc(O)cc1)[C@@H](CC)c1ccc(O)cc1. The summed E-state index contributed by atoms with van der Waals surface area (Å²) in [6.45, 7) is 4.50. The zero-order valence-electron chi connectivity index (χ0n) is 16.3. The summed E-state index contributed by atoms with van der Waals surface area (Å²) >= 11 is 0. The Morgan fingerprint density at radius 2 is 1.08 bits per heavy atom. The number of phenols is 2. The van der Waals surface area contributed by atoms with Crippen molar-refractivity contribution in [2.24, 2.45) is 0 Å². The number of aromatic hydroxyl groups is 2. The quantitative estimate of drug-likeness (QED) is 0.421. The van der Waals surface area contributed by atoms with E-state index in [9.17, 15) is 10.2 Å². The summed E-state index contributed by atoms with van der Waals surface area (Å²) in [5.41, 5.74) is 2.59. The maximum Gasteiger partial charge on any atom is 0.115 e. The van der Waals surface area contributed by atoms with E-state index in [-0.39, 0.29) is 0 Å². The molecule has 0 radical (unpaired) electrons. The molecule has 26 heavy (non-hydrogen) atoms. The zero-order valence-corrected chi connectivity index (χ0v) is 16.3. The molecule has 0 spiro atoms. The van der Waals surface area contributed by atoms with Crippen molar-refractivity contribution in [1.82, 2.24) is 0 Å². The minimum Gasteiger partial charge on any atom is -0.508 e. The zero-order chi connectivity index (χ0) is 18.8. The lowest BCUT2D eigenvalue weighted by Crippen LogP contribution is -2.11. The Morgan fingerprint density at radius 1 is 0.615 bits per heavy atom. The standard InChI is InChI=1S/C24H34O2/c1-3-5-6-7-8-9-10-24(20-13-17-22(26)18-14-20)23(4-2)19-11-15-21(25)16-12-19/h11-18,23-26H,3-10H2,1-2H3/t23-,24+/m0/s1. The number of phenolic OH excluding ortho intramolecular Hbond substituents is 2. The van der Waals surface area contributed by atoms with Crippen LogP contribution >= 0.6 is 0 Å². The Kier molecular flexibility index (Phi) is 8.53. The maximum atomic E-state index is 9.65. The van der Waals surface area contributed by atoms with Crippen molar-refractivity contribution < 1.29 is 10.2 Å². The molecule has 2 N–H and O–H groups in total. The molecule has 0 saturated heterocycles. The minimum atomic E-state index is 0.320. The molecule has 0 heterocycles. The van der Waals surface area contributed by atoms with E-state index in [1.54, 1.807) is 24.3 Å². The Hall–Kier alpha value is -1.96. The van der Waals surface area contributed by atoms with Gasteiger partial charge in [-0.25, -0.2) is 0 Å². The van der Waals surface area contributed by atoms with Crippen molar-refractivity contribution in [2.45, 2.75) is 77.0 Å². The van der Waals surface area contributed by atoms with Crippen LogP contribution < -0.4 is 0 Å². The van der Waals surface area contributed by atoms with E-state index in [1.165, 1.54) is 49.7 Å². The molecule has 0 fully saturated rings. The van der Waals surface area contributed by atoms with E-state index in [2.05, 4.69) is 38.1 Å². The summed E-state index contributed by atoms with van der Waals surface area (Å²) in [4.78, 5) is 0. The summed E-state index contributed by atoms with van der Waals surface area (Å²) in [5, 5.41) is 19.3. The largest absolute Gasteiger partial charge is 0.508 e. The summed E-state index contributed by atoms with van der Waals surface area (Å²) in [5.74, 6) is 1.51. The average molecular weight is 355 g/mol. The van der Waals surface area contributed by atoms with Crippen LogP contribution in [0.25, 0.3) is 0 Å². The molecule has 2 atom stereocenters. The van der Waals surface area contributed by atoms with Crippen molar-refractivity contribution in [3.8, 4) is 11.5 Å². The summed E-state index contributed by atoms with van der Waals surface area (Å²) in [6, 6.07) is 15.4. The molecule has 0 amide bonds. The molecule has 2 heteroatoms. The van der Waals surface area contributed by atoms with Gasteiger partial charge in [0.15, 0.2) is 0 Å². The lowest BCUT2D eigenvalue weighted by molar-refractivity contribution is 0.455. The normalized spacial score (nSPS) is 13.5. The number of hydrogen-bond donors (Lipinski definition) is 2. The Bertz CT molecular complexity index is 616. The molecule has 2 aromatic carbocycles. The molecule has 2 rings (SSSR count). The van der Waals surface area contributed by atoms with Gasteiger partial charge >= 0.3 is 0 Å². The van der Waals surface area contributed by atoms with Gasteiger partial charge in [0.05, 0.1) is 0 Å². The molecule has 0 aliphatic rings. The van der Waals surface area contributed by atoms with E-state index in [1.807, 2.05) is 0 Å². The molecule has 142 valence electrons. The Morgan fingerprint density at radius 3 is 1.58 bits per heavy atom. The summed E-state index contributed by atoms with van der Waals surface area (Å²) in [7, 11) is 0. The smallest absolute Gasteiger partial charge is 0.115 e. The number of hydrogen-bond acceptors (Lipinski definition) is 2. The van der Waals surface area contributed by atoms with Crippen LogP contribution in [0.2, 0.25) is 0 Å². The van der Waals surface area contributed by atoms with Crippen LogP contribution in [-0.4, -0.2) is 10.2 Å². The van der Waals surface area contributed by atoms with E-state index < -0.39 is 0 Å². The van der Waals surface area contributed by atoms with E-state index in [0.717, 1.165) is 12.8 Å². The molecule has 0 unspecified atom stereocenters. The predicted molar refractivity (Wildman–Crippen MR) is 110 cm³/mol. The highest BCUT2D eigenvalue weighted by molar-refractivity contribution is 5.34. The molecule has 0 aromatic heterocycles. The monoisotopic (exact) mass is 354 g/mol. The van der Waals surface area contributed by atoms with Gasteiger partial charge in [-0.2, -0.15) is 0 Å². The van der Waals surface area contributed by atoms with Crippen molar-refractivity contribution in [3.05, 3.63) is 59.7 Å². The van der Waals surface area contributed by atoms with Crippen LogP contribution in [0.1, 0.15) is 88.2 Å². The van der Waals surface area contributed by atoms with Crippen LogP contribution in [0, 0.1) is 0 Å². The lowest BCUT2D eigenvalue weighted by atomic mass is 9.77. The highest BCUT2D eigenvalue weighted by Gasteiger charge is 2.23. The van der Waals surface area contributed by atoms with Crippen molar-refractivity contribution in [2.75, 3.05) is 0 Å². The first-order valence-corrected chi connectivity index (χ1v) is 10.2. The van der Waals surface area contributed by atoms with Crippen LogP contribution in [0.4, 0.5) is 0 Å². The van der Waals surface area contributed by atoms with Crippen molar-refractivity contribution in [3.63, 3.8) is 0 Å². The van der Waals surface area contributed by atoms with Gasteiger partial charge in [-0.1, -0.05) is 76.6 Å². The second kappa shape index (κ2) is 10.9. The van der Waals surface area contributed by atoms with E-state index in [0.29, 0.717) is 23.3 Å². The third kappa shape index (κ3) is 6.09. The highest BCUT2D eigenvalue weighted by Crippen LogP contribution is 2.40. The molecule has 2 aromatic rings. The molecule has 0 bridgehead atoms. The Balaban J connectivity index is 2.12. The third-order valence-electron chi connectivity index (χ3n) is 5.44. The molecular weight excluding hydrogens is 320 g/mol. The third-order valence-corrected chi connectivity index (χ3v) is 5.44. The number of rotatable bonds is 11. The van der Waals surface area contributed by atoms with Gasteiger partial charge in [0, 0.05) is 0 Å². The topological polar surface area (TPSA) is 40.5 Å². The fourth-order valence-corrected chi connectivity index (χ4v) is 3.94. The molecule has 2 nitrogen and oxygen atoms in total. The van der Waals surface area contributed by atoms with Crippen LogP contribution in [0.5, 0.6) is 11.5 Å². The van der Waals surface area contributed by atoms with E-state index >= 15 is 0 Å². The fourth-order valence-electron chi connectivity index (χ4n) is 3.94. The minimum absolute atomic E-state index is 0.320. The van der Waals surface area contributed by atoms with Crippen LogP contribution in [-0.2, 0) is 0 Å². The van der Waals surface area contributed by atoms with Gasteiger partial charge in [0.2, 0.25) is 0 Å². The van der Waals surface area contributed by atoms with Crippen LogP contribution in [0.3, 0.4) is 0 Å². The average Bonchev–Trinajstić information content (AvgIpc) is 2.66. The van der Waals surface area contributed by atoms with Gasteiger partial charge in [-0.05, 0) is 60.1 Å². The second-order valence-electron chi connectivity index (χ2n) is 7.36. The van der Waals surface area contributed by atoms with Gasteiger partial charge in [0.25, 0.3) is 0 Å². The van der Waals surface area contributed by atoms with Gasteiger partial charge in [-0.3, -0.25) is 0 Å². The fraction of sp³-hybridized carbons (Fsp3) is 0.500. The first-order valence-electron chi connectivity index (χ1n) is 10.2. The molecule has 0 aliphatic carbocycles. The summed E-state index contributed by atoms with van der Waals surface area (Å²) < 4.78 is 0. The maximum absolute atomic E-state index is 9.65. The highest BCUT2D eigenvalue weighted by atomic mass is 16.3. The van der Waals surface area contributed by atoms with Crippen molar-refractivity contribution >= 4 is 0 Å². The number of unbranched alkanes of at least 4 members (excludes halogenated alkanes) is 5. The van der Waals surface area contributed by atoms with Crippen LogP contribution in [0.15, 0.2) is 48.5 Å². The predicted octanol–water partition coefficient (Wildman–Crippen LogP) is 7.13. The van der Waals surface area contributed by atoms with Gasteiger partial charge in [-0.15, -0.1) is 0 Å². The first-order chi connectivity index (χ1) is 12.7. The van der Waals surface area contributed by atoms with Gasteiger partial charge in [0.1, 0.15) is 11.5 Å². The lowest BCUT2D eigenvalue weighted by Gasteiger charge is -2.28.